The molecule has 2 rings (SSSR count). The molecule has 0 radical (unpaired) electrons. The lowest BCUT2D eigenvalue weighted by molar-refractivity contribution is 0.144. The van der Waals surface area contributed by atoms with Crippen LogP contribution in [0, 0.1) is 17.1 Å². The van der Waals surface area contributed by atoms with E-state index in [2.05, 4.69) is 21.2 Å². The lowest BCUT2D eigenvalue weighted by Crippen LogP contribution is -2.48. The molecule has 0 atom stereocenters. The lowest BCUT2D eigenvalue weighted by Gasteiger charge is -2.42. The monoisotopic (exact) mass is 298 g/mol. The predicted molar refractivity (Wildman–Crippen MR) is 66.1 cm³/mol. The highest BCUT2D eigenvalue weighted by Crippen LogP contribution is 2.37. The van der Waals surface area contributed by atoms with Gasteiger partial charge in [0.25, 0.3) is 0 Å². The first-order chi connectivity index (χ1) is 8.12. The van der Waals surface area contributed by atoms with Gasteiger partial charge >= 0.3 is 0 Å². The van der Waals surface area contributed by atoms with Crippen LogP contribution in [-0.2, 0) is 0 Å². The van der Waals surface area contributed by atoms with Crippen molar-refractivity contribution in [3.05, 3.63) is 28.0 Å². The number of nitrogens with one attached hydrogen (secondary N) is 1. The van der Waals surface area contributed by atoms with E-state index in [1.54, 1.807) is 6.07 Å². The number of benzene rings is 1. The molecule has 0 aliphatic heterocycles. The Hall–Kier alpha value is -1.12. The van der Waals surface area contributed by atoms with Gasteiger partial charge in [-0.2, -0.15) is 5.26 Å². The van der Waals surface area contributed by atoms with Gasteiger partial charge in [-0.1, -0.05) is 0 Å². The normalized spacial score (nSPS) is 17.1. The molecule has 5 heteroatoms. The molecular weight excluding hydrogens is 287 g/mol. The van der Waals surface area contributed by atoms with Crippen molar-refractivity contribution in [2.24, 2.45) is 0 Å². The first kappa shape index (κ1) is 12.3. The van der Waals surface area contributed by atoms with Crippen molar-refractivity contribution < 1.29 is 9.50 Å². The van der Waals surface area contributed by atoms with E-state index in [0.29, 0.717) is 5.69 Å². The molecule has 0 saturated heterocycles. The third-order valence-electron chi connectivity index (χ3n) is 3.22. The van der Waals surface area contributed by atoms with Crippen LogP contribution in [0.5, 0.6) is 0 Å². The maximum atomic E-state index is 13.9. The zero-order valence-corrected chi connectivity index (χ0v) is 10.7. The molecule has 0 amide bonds. The molecule has 0 spiro atoms. The van der Waals surface area contributed by atoms with Crippen LogP contribution in [-0.4, -0.2) is 17.3 Å². The van der Waals surface area contributed by atoms with Gasteiger partial charge in [0, 0.05) is 0 Å². The van der Waals surface area contributed by atoms with Gasteiger partial charge in [-0.25, -0.2) is 4.39 Å². The highest BCUT2D eigenvalue weighted by Gasteiger charge is 2.36. The topological polar surface area (TPSA) is 56.0 Å². The van der Waals surface area contributed by atoms with E-state index >= 15 is 0 Å². The van der Waals surface area contributed by atoms with Crippen LogP contribution < -0.4 is 5.32 Å². The SMILES string of the molecule is N#Cc1ccc(NC2(CO)CCC2)c(F)c1Br. The summed E-state index contributed by atoms with van der Waals surface area (Å²) < 4.78 is 14.1. The van der Waals surface area contributed by atoms with Gasteiger partial charge in [-0.15, -0.1) is 0 Å². The van der Waals surface area contributed by atoms with Crippen molar-refractivity contribution in [1.82, 2.24) is 0 Å². The molecular formula is C12H12BrFN2O. The van der Waals surface area contributed by atoms with E-state index in [1.807, 2.05) is 6.07 Å². The van der Waals surface area contributed by atoms with Crippen LogP contribution in [0.25, 0.3) is 0 Å². The number of anilines is 1. The van der Waals surface area contributed by atoms with Gasteiger partial charge in [0.15, 0.2) is 5.82 Å². The Kier molecular flexibility index (Phi) is 3.36. The van der Waals surface area contributed by atoms with E-state index in [1.165, 1.54) is 6.07 Å². The van der Waals surface area contributed by atoms with Gasteiger partial charge in [0.1, 0.15) is 6.07 Å². The molecule has 1 aliphatic rings. The van der Waals surface area contributed by atoms with Gasteiger partial charge in [-0.3, -0.25) is 0 Å². The fourth-order valence-electron chi connectivity index (χ4n) is 1.94. The summed E-state index contributed by atoms with van der Waals surface area (Å²) in [5, 5.41) is 21.1. The van der Waals surface area contributed by atoms with Crippen LogP contribution in [0.2, 0.25) is 0 Å². The van der Waals surface area contributed by atoms with Crippen molar-refractivity contribution in [2.45, 2.75) is 24.8 Å². The third kappa shape index (κ3) is 2.15. The number of hydrogen-bond donors (Lipinski definition) is 2. The molecule has 2 N–H and O–H groups in total. The zero-order chi connectivity index (χ0) is 12.5. The molecule has 1 saturated carbocycles. The number of hydrogen-bond acceptors (Lipinski definition) is 3. The van der Waals surface area contributed by atoms with Crippen molar-refractivity contribution in [2.75, 3.05) is 11.9 Å². The Morgan fingerprint density at radius 1 is 1.53 bits per heavy atom. The molecule has 0 aromatic heterocycles. The molecule has 0 bridgehead atoms. The van der Waals surface area contributed by atoms with E-state index in [0.717, 1.165) is 19.3 Å². The standard InChI is InChI=1S/C12H12BrFN2O/c13-10-8(6-15)2-3-9(11(10)14)16-12(7-17)4-1-5-12/h2-3,16-17H,1,4-5,7H2. The summed E-state index contributed by atoms with van der Waals surface area (Å²) in [7, 11) is 0. The maximum absolute atomic E-state index is 13.9. The molecule has 90 valence electrons. The maximum Gasteiger partial charge on any atom is 0.161 e. The smallest absolute Gasteiger partial charge is 0.161 e. The van der Waals surface area contributed by atoms with Crippen molar-refractivity contribution in [3.63, 3.8) is 0 Å². The third-order valence-corrected chi connectivity index (χ3v) is 3.99. The molecule has 0 heterocycles. The molecule has 1 aliphatic carbocycles. The summed E-state index contributed by atoms with van der Waals surface area (Å²) in [5.74, 6) is -0.483. The average Bonchev–Trinajstić information content (AvgIpc) is 2.29. The Balaban J connectivity index is 2.29. The number of nitrogens with zero attached hydrogens (tertiary/aromatic N) is 1. The predicted octanol–water partition coefficient (Wildman–Crippen LogP) is 2.79. The minimum atomic E-state index is -0.483. The van der Waals surface area contributed by atoms with Gasteiger partial charge < -0.3 is 10.4 Å². The Morgan fingerprint density at radius 3 is 2.71 bits per heavy atom. The van der Waals surface area contributed by atoms with Crippen LogP contribution >= 0.6 is 15.9 Å². The molecule has 0 unspecified atom stereocenters. The van der Waals surface area contributed by atoms with Crippen molar-refractivity contribution in [3.8, 4) is 6.07 Å². The molecule has 3 nitrogen and oxygen atoms in total. The largest absolute Gasteiger partial charge is 0.394 e. The number of aliphatic hydroxyl groups is 1. The van der Waals surface area contributed by atoms with Crippen molar-refractivity contribution >= 4 is 21.6 Å². The summed E-state index contributed by atoms with van der Waals surface area (Å²) in [5.41, 5.74) is 0.193. The van der Waals surface area contributed by atoms with Crippen LogP contribution in [0.15, 0.2) is 16.6 Å². The first-order valence-corrected chi connectivity index (χ1v) is 6.18. The summed E-state index contributed by atoms with van der Waals surface area (Å²) in [6, 6.07) is 4.99. The summed E-state index contributed by atoms with van der Waals surface area (Å²) in [6.45, 7) is -0.00986. The second-order valence-electron chi connectivity index (χ2n) is 4.32. The van der Waals surface area contributed by atoms with Crippen LogP contribution in [0.1, 0.15) is 24.8 Å². The summed E-state index contributed by atoms with van der Waals surface area (Å²) in [6.07, 6.45) is 2.70. The Morgan fingerprint density at radius 2 is 2.24 bits per heavy atom. The second-order valence-corrected chi connectivity index (χ2v) is 5.11. The van der Waals surface area contributed by atoms with E-state index in [4.69, 9.17) is 5.26 Å². The minimum absolute atomic E-state index is 0.00986. The van der Waals surface area contributed by atoms with E-state index < -0.39 is 11.4 Å². The van der Waals surface area contributed by atoms with Crippen LogP contribution in [0.4, 0.5) is 10.1 Å². The Bertz CT molecular complexity index is 475. The minimum Gasteiger partial charge on any atom is -0.394 e. The first-order valence-electron chi connectivity index (χ1n) is 5.39. The zero-order valence-electron chi connectivity index (χ0n) is 9.13. The fourth-order valence-corrected chi connectivity index (χ4v) is 2.38. The number of halogens is 2. The van der Waals surface area contributed by atoms with Crippen molar-refractivity contribution in [1.29, 1.82) is 5.26 Å². The number of aliphatic hydroxyl groups excluding tert-OH is 1. The number of rotatable bonds is 3. The summed E-state index contributed by atoms with van der Waals surface area (Å²) in [4.78, 5) is 0. The highest BCUT2D eigenvalue weighted by molar-refractivity contribution is 9.10. The quantitative estimate of drug-likeness (QED) is 0.902. The van der Waals surface area contributed by atoms with Gasteiger partial charge in [-0.05, 0) is 47.3 Å². The molecule has 1 fully saturated rings. The average molecular weight is 299 g/mol. The molecule has 1 aromatic rings. The molecule has 17 heavy (non-hydrogen) atoms. The number of nitriles is 1. The van der Waals surface area contributed by atoms with Gasteiger partial charge in [0.05, 0.1) is 27.9 Å². The summed E-state index contributed by atoms with van der Waals surface area (Å²) >= 11 is 3.06. The van der Waals surface area contributed by atoms with E-state index in [9.17, 15) is 9.50 Å². The highest BCUT2D eigenvalue weighted by atomic mass is 79.9. The van der Waals surface area contributed by atoms with Crippen LogP contribution in [0.3, 0.4) is 0 Å². The second kappa shape index (κ2) is 4.63. The van der Waals surface area contributed by atoms with E-state index in [-0.39, 0.29) is 16.6 Å². The molecule has 1 aromatic carbocycles. The Labute approximate surface area is 107 Å². The van der Waals surface area contributed by atoms with Gasteiger partial charge in [0.2, 0.25) is 0 Å². The lowest BCUT2D eigenvalue weighted by atomic mass is 9.77. The fraction of sp³-hybridized carbons (Fsp3) is 0.417.